The summed E-state index contributed by atoms with van der Waals surface area (Å²) >= 11 is 1.63. The molecule has 0 bridgehead atoms. The molecule has 2 rings (SSSR count). The van der Waals surface area contributed by atoms with Crippen LogP contribution in [0, 0.1) is 13.8 Å². The van der Waals surface area contributed by atoms with Crippen LogP contribution in [0.3, 0.4) is 0 Å². The molecule has 0 atom stereocenters. The molecule has 2 heteroatoms. The lowest BCUT2D eigenvalue weighted by atomic mass is 10.1. The number of rotatable bonds is 3. The first-order valence-electron chi connectivity index (χ1n) is 5.50. The first-order chi connectivity index (χ1) is 8.20. The van der Waals surface area contributed by atoms with E-state index in [1.165, 1.54) is 16.0 Å². The first kappa shape index (κ1) is 11.9. The third-order valence-corrected chi connectivity index (χ3v) is 3.83. The number of hydrogen-bond acceptors (Lipinski definition) is 2. The van der Waals surface area contributed by atoms with E-state index in [1.54, 1.807) is 11.8 Å². The van der Waals surface area contributed by atoms with Crippen molar-refractivity contribution in [3.63, 3.8) is 0 Å². The average Bonchev–Trinajstić information content (AvgIpc) is 2.34. The molecule has 2 aromatic rings. The third-order valence-electron chi connectivity index (χ3n) is 2.75. The molecule has 0 heterocycles. The fourth-order valence-corrected chi connectivity index (χ4v) is 2.58. The van der Waals surface area contributed by atoms with E-state index < -0.39 is 0 Å². The lowest BCUT2D eigenvalue weighted by Crippen LogP contribution is -1.85. The third kappa shape index (κ3) is 2.77. The number of aldehydes is 1. The predicted octanol–water partition coefficient (Wildman–Crippen LogP) is 4.27. The summed E-state index contributed by atoms with van der Waals surface area (Å²) in [6, 6.07) is 14.0. The lowest BCUT2D eigenvalue weighted by molar-refractivity contribution is 0.112. The van der Waals surface area contributed by atoms with Gasteiger partial charge in [0.2, 0.25) is 0 Å². The molecule has 0 aromatic heterocycles. The van der Waals surface area contributed by atoms with Crippen LogP contribution in [0.25, 0.3) is 0 Å². The van der Waals surface area contributed by atoms with Gasteiger partial charge in [0.25, 0.3) is 0 Å². The average molecular weight is 242 g/mol. The van der Waals surface area contributed by atoms with Crippen molar-refractivity contribution in [1.82, 2.24) is 0 Å². The van der Waals surface area contributed by atoms with Crippen molar-refractivity contribution in [2.45, 2.75) is 23.6 Å². The zero-order chi connectivity index (χ0) is 12.3. The minimum atomic E-state index is 0.746. The van der Waals surface area contributed by atoms with E-state index in [9.17, 15) is 4.79 Å². The van der Waals surface area contributed by atoms with Gasteiger partial charge in [-0.25, -0.2) is 0 Å². The maximum Gasteiger partial charge on any atom is 0.151 e. The van der Waals surface area contributed by atoms with Gasteiger partial charge in [-0.2, -0.15) is 0 Å². The van der Waals surface area contributed by atoms with Gasteiger partial charge >= 0.3 is 0 Å². The van der Waals surface area contributed by atoms with Crippen LogP contribution >= 0.6 is 11.8 Å². The molecule has 1 nitrogen and oxygen atoms in total. The van der Waals surface area contributed by atoms with E-state index in [0.29, 0.717) is 0 Å². The highest BCUT2D eigenvalue weighted by Gasteiger charge is 2.03. The van der Waals surface area contributed by atoms with Crippen LogP contribution in [0.4, 0.5) is 0 Å². The Hall–Kier alpha value is -1.54. The molecule has 17 heavy (non-hydrogen) atoms. The molecule has 0 N–H and O–H groups in total. The Morgan fingerprint density at radius 1 is 1.00 bits per heavy atom. The largest absolute Gasteiger partial charge is 0.298 e. The van der Waals surface area contributed by atoms with Crippen LogP contribution in [-0.4, -0.2) is 6.29 Å². The minimum Gasteiger partial charge on any atom is -0.298 e. The Labute approximate surface area is 106 Å². The molecule has 0 fully saturated rings. The molecule has 0 saturated heterocycles. The summed E-state index contributed by atoms with van der Waals surface area (Å²) in [6.45, 7) is 4.20. The summed E-state index contributed by atoms with van der Waals surface area (Å²) in [6.07, 6.45) is 0.906. The van der Waals surface area contributed by atoms with Gasteiger partial charge in [0.15, 0.2) is 6.29 Å². The molecule has 0 spiro atoms. The van der Waals surface area contributed by atoms with E-state index in [0.717, 1.165) is 16.7 Å². The van der Waals surface area contributed by atoms with E-state index in [-0.39, 0.29) is 0 Å². The van der Waals surface area contributed by atoms with Crippen molar-refractivity contribution in [3.8, 4) is 0 Å². The van der Waals surface area contributed by atoms with Gasteiger partial charge in [0.1, 0.15) is 0 Å². The molecule has 0 aliphatic carbocycles. The number of carbonyl (C=O) groups excluding carboxylic acids is 1. The van der Waals surface area contributed by atoms with E-state index in [2.05, 4.69) is 32.0 Å². The molecular formula is C15H14OS. The Bertz CT molecular complexity index is 546. The Kier molecular flexibility index (Phi) is 3.64. The van der Waals surface area contributed by atoms with Crippen LogP contribution in [0.1, 0.15) is 21.5 Å². The van der Waals surface area contributed by atoms with Gasteiger partial charge in [-0.15, -0.1) is 0 Å². The Morgan fingerprint density at radius 3 is 2.47 bits per heavy atom. The smallest absolute Gasteiger partial charge is 0.151 e. The second-order valence-electron chi connectivity index (χ2n) is 4.00. The molecule has 0 aliphatic heterocycles. The topological polar surface area (TPSA) is 17.1 Å². The number of aryl methyl sites for hydroxylation is 2. The lowest BCUT2D eigenvalue weighted by Gasteiger charge is -2.06. The van der Waals surface area contributed by atoms with Crippen molar-refractivity contribution in [3.05, 3.63) is 59.2 Å². The molecule has 0 amide bonds. The zero-order valence-corrected chi connectivity index (χ0v) is 10.8. The molecule has 0 aliphatic rings. The van der Waals surface area contributed by atoms with Crippen LogP contribution in [-0.2, 0) is 0 Å². The van der Waals surface area contributed by atoms with E-state index in [1.807, 2.05) is 24.3 Å². The van der Waals surface area contributed by atoms with Gasteiger partial charge in [0.05, 0.1) is 0 Å². The normalized spacial score (nSPS) is 10.2. The molecule has 0 saturated carbocycles. The van der Waals surface area contributed by atoms with Crippen molar-refractivity contribution in [2.24, 2.45) is 0 Å². The molecule has 0 radical (unpaired) electrons. The van der Waals surface area contributed by atoms with Crippen molar-refractivity contribution >= 4 is 18.0 Å². The predicted molar refractivity (Wildman–Crippen MR) is 71.9 cm³/mol. The monoisotopic (exact) mass is 242 g/mol. The van der Waals surface area contributed by atoms with Crippen LogP contribution in [0.5, 0.6) is 0 Å². The summed E-state index contributed by atoms with van der Waals surface area (Å²) in [5.74, 6) is 0. The van der Waals surface area contributed by atoms with Crippen molar-refractivity contribution < 1.29 is 4.79 Å². The van der Waals surface area contributed by atoms with Gasteiger partial charge in [-0.1, -0.05) is 36.0 Å². The molecule has 0 unspecified atom stereocenters. The highest BCUT2D eigenvalue weighted by Crippen LogP contribution is 2.30. The van der Waals surface area contributed by atoms with Gasteiger partial charge in [0, 0.05) is 15.4 Å². The summed E-state index contributed by atoms with van der Waals surface area (Å²) in [4.78, 5) is 13.1. The van der Waals surface area contributed by atoms with Gasteiger partial charge < -0.3 is 0 Å². The standard InChI is InChI=1S/C15H14OS/c1-11-7-8-14(9-12(11)2)17-15-6-4-3-5-13(15)10-16/h3-10H,1-2H3. The van der Waals surface area contributed by atoms with Crippen LogP contribution in [0.2, 0.25) is 0 Å². The number of hydrogen-bond donors (Lipinski definition) is 0. The fraction of sp³-hybridized carbons (Fsp3) is 0.133. The fourth-order valence-electron chi connectivity index (χ4n) is 1.58. The highest BCUT2D eigenvalue weighted by atomic mass is 32.2. The zero-order valence-electron chi connectivity index (χ0n) is 9.94. The Morgan fingerprint density at radius 2 is 1.76 bits per heavy atom. The van der Waals surface area contributed by atoms with E-state index in [4.69, 9.17) is 0 Å². The van der Waals surface area contributed by atoms with Gasteiger partial charge in [-0.3, -0.25) is 4.79 Å². The summed E-state index contributed by atoms with van der Waals surface area (Å²) < 4.78 is 0. The van der Waals surface area contributed by atoms with E-state index >= 15 is 0 Å². The SMILES string of the molecule is Cc1ccc(Sc2ccccc2C=O)cc1C. The Balaban J connectivity index is 2.31. The van der Waals surface area contributed by atoms with Gasteiger partial charge in [-0.05, 0) is 43.2 Å². The second kappa shape index (κ2) is 5.19. The van der Waals surface area contributed by atoms with Crippen molar-refractivity contribution in [2.75, 3.05) is 0 Å². The highest BCUT2D eigenvalue weighted by molar-refractivity contribution is 7.99. The van der Waals surface area contributed by atoms with Crippen molar-refractivity contribution in [1.29, 1.82) is 0 Å². The summed E-state index contributed by atoms with van der Waals surface area (Å²) in [5.41, 5.74) is 3.31. The second-order valence-corrected chi connectivity index (χ2v) is 5.12. The maximum atomic E-state index is 10.9. The summed E-state index contributed by atoms with van der Waals surface area (Å²) in [5, 5.41) is 0. The quantitative estimate of drug-likeness (QED) is 0.748. The van der Waals surface area contributed by atoms with Crippen LogP contribution < -0.4 is 0 Å². The molecule has 2 aromatic carbocycles. The minimum absolute atomic E-state index is 0.746. The number of benzene rings is 2. The number of carbonyl (C=O) groups is 1. The molecular weight excluding hydrogens is 228 g/mol. The van der Waals surface area contributed by atoms with Crippen LogP contribution in [0.15, 0.2) is 52.3 Å². The molecule has 86 valence electrons. The summed E-state index contributed by atoms with van der Waals surface area (Å²) in [7, 11) is 0. The first-order valence-corrected chi connectivity index (χ1v) is 6.31. The maximum absolute atomic E-state index is 10.9.